The predicted molar refractivity (Wildman–Crippen MR) is 125 cm³/mol. The zero-order valence-corrected chi connectivity index (χ0v) is 19.9. The molecule has 9 heteroatoms. The van der Waals surface area contributed by atoms with E-state index in [9.17, 15) is 4.79 Å². The van der Waals surface area contributed by atoms with E-state index in [1.165, 1.54) is 0 Å². The summed E-state index contributed by atoms with van der Waals surface area (Å²) >= 11 is 5.34. The lowest BCUT2D eigenvalue weighted by molar-refractivity contribution is -0.132. The van der Waals surface area contributed by atoms with Crippen LogP contribution in [0.1, 0.15) is 64.8 Å². The molecular formula is C22H33N5O3S. The van der Waals surface area contributed by atoms with E-state index in [1.54, 1.807) is 21.9 Å². The molecule has 0 aliphatic rings. The first-order chi connectivity index (χ1) is 15.0. The first-order valence-corrected chi connectivity index (χ1v) is 11.3. The molecule has 0 radical (unpaired) electrons. The maximum Gasteiger partial charge on any atom is 0.260 e. The SMILES string of the molecule is CCOc1cc(/C=N\n2c(C(CC)CC)n[nH]c2=S)ccc1OCC(=O)N(CC)CC. The van der Waals surface area contributed by atoms with Gasteiger partial charge in [0.2, 0.25) is 4.77 Å². The highest BCUT2D eigenvalue weighted by Gasteiger charge is 2.15. The summed E-state index contributed by atoms with van der Waals surface area (Å²) in [6.07, 6.45) is 3.63. The summed E-state index contributed by atoms with van der Waals surface area (Å²) in [4.78, 5) is 14.0. The molecule has 1 N–H and O–H groups in total. The molecule has 0 saturated heterocycles. The van der Waals surface area contributed by atoms with Gasteiger partial charge >= 0.3 is 0 Å². The maximum absolute atomic E-state index is 12.2. The van der Waals surface area contributed by atoms with Gasteiger partial charge in [-0.25, -0.2) is 0 Å². The molecule has 170 valence electrons. The molecule has 1 amide bonds. The standard InChI is InChI=1S/C22H33N5O3S/c1-6-17(7-2)21-24-25-22(31)27(21)23-14-16-11-12-18(19(13-16)29-10-5)30-15-20(28)26(8-3)9-4/h11-14,17H,6-10,15H2,1-5H3,(H,25,31)/b23-14-. The molecule has 0 aliphatic heterocycles. The summed E-state index contributed by atoms with van der Waals surface area (Å²) in [7, 11) is 0. The van der Waals surface area contributed by atoms with Crippen LogP contribution >= 0.6 is 12.2 Å². The second kappa shape index (κ2) is 12.2. The number of nitrogens with zero attached hydrogens (tertiary/aromatic N) is 4. The van der Waals surface area contributed by atoms with Gasteiger partial charge in [0.1, 0.15) is 0 Å². The van der Waals surface area contributed by atoms with Crippen LogP contribution in [-0.4, -0.2) is 58.2 Å². The van der Waals surface area contributed by atoms with Crippen LogP contribution in [0.5, 0.6) is 11.5 Å². The van der Waals surface area contributed by atoms with Crippen molar-refractivity contribution in [2.24, 2.45) is 5.10 Å². The van der Waals surface area contributed by atoms with Crippen LogP contribution in [0, 0.1) is 4.77 Å². The monoisotopic (exact) mass is 447 g/mol. The molecule has 0 unspecified atom stereocenters. The third-order valence-corrected chi connectivity index (χ3v) is 5.35. The molecule has 0 fully saturated rings. The van der Waals surface area contributed by atoms with Crippen molar-refractivity contribution in [2.45, 2.75) is 53.4 Å². The number of amides is 1. The molecule has 2 rings (SSSR count). The van der Waals surface area contributed by atoms with Crippen LogP contribution in [0.25, 0.3) is 0 Å². The highest BCUT2D eigenvalue weighted by molar-refractivity contribution is 7.71. The molecule has 0 bridgehead atoms. The zero-order chi connectivity index (χ0) is 22.8. The van der Waals surface area contributed by atoms with Crippen LogP contribution in [0.2, 0.25) is 0 Å². The lowest BCUT2D eigenvalue weighted by Crippen LogP contribution is -2.34. The maximum atomic E-state index is 12.2. The van der Waals surface area contributed by atoms with Gasteiger partial charge in [-0.15, -0.1) is 0 Å². The van der Waals surface area contributed by atoms with E-state index in [4.69, 9.17) is 21.7 Å². The number of hydrogen-bond acceptors (Lipinski definition) is 6. The molecule has 8 nitrogen and oxygen atoms in total. The molecule has 1 aromatic carbocycles. The van der Waals surface area contributed by atoms with Gasteiger partial charge in [0, 0.05) is 19.0 Å². The molecule has 0 atom stereocenters. The predicted octanol–water partition coefficient (Wildman–Crippen LogP) is 4.37. The number of likely N-dealkylation sites (N-methyl/N-ethyl adjacent to an activating group) is 1. The van der Waals surface area contributed by atoms with Gasteiger partial charge in [0.05, 0.1) is 12.8 Å². The number of nitrogens with one attached hydrogen (secondary N) is 1. The normalized spacial score (nSPS) is 11.3. The van der Waals surface area contributed by atoms with Crippen molar-refractivity contribution in [3.05, 3.63) is 34.4 Å². The van der Waals surface area contributed by atoms with Crippen molar-refractivity contribution in [3.8, 4) is 11.5 Å². The Hall–Kier alpha value is -2.68. The number of rotatable bonds is 12. The Morgan fingerprint density at radius 2 is 1.90 bits per heavy atom. The van der Waals surface area contributed by atoms with Gasteiger partial charge in [-0.3, -0.25) is 9.89 Å². The fraction of sp³-hybridized carbons (Fsp3) is 0.545. The number of hydrogen-bond donors (Lipinski definition) is 1. The second-order valence-corrected chi connectivity index (χ2v) is 7.34. The summed E-state index contributed by atoms with van der Waals surface area (Å²) in [5.41, 5.74) is 0.824. The fourth-order valence-electron chi connectivity index (χ4n) is 3.26. The van der Waals surface area contributed by atoms with Crippen LogP contribution in [0.3, 0.4) is 0 Å². The van der Waals surface area contributed by atoms with Gasteiger partial charge in [0.15, 0.2) is 23.9 Å². The quantitative estimate of drug-likeness (QED) is 0.386. The van der Waals surface area contributed by atoms with Gasteiger partial charge in [0.25, 0.3) is 5.91 Å². The van der Waals surface area contributed by atoms with Crippen molar-refractivity contribution in [1.29, 1.82) is 0 Å². The Kier molecular flexibility index (Phi) is 9.71. The smallest absolute Gasteiger partial charge is 0.260 e. The van der Waals surface area contributed by atoms with Crippen LogP contribution in [0.4, 0.5) is 0 Å². The first-order valence-electron chi connectivity index (χ1n) is 10.9. The Morgan fingerprint density at radius 3 is 2.52 bits per heavy atom. The van der Waals surface area contributed by atoms with E-state index in [0.717, 1.165) is 24.2 Å². The van der Waals surface area contributed by atoms with Crippen molar-refractivity contribution in [1.82, 2.24) is 19.8 Å². The van der Waals surface area contributed by atoms with E-state index in [-0.39, 0.29) is 18.4 Å². The summed E-state index contributed by atoms with van der Waals surface area (Å²) < 4.78 is 13.6. The lowest BCUT2D eigenvalue weighted by atomic mass is 10.0. The molecule has 1 heterocycles. The van der Waals surface area contributed by atoms with E-state index in [2.05, 4.69) is 29.1 Å². The third-order valence-electron chi connectivity index (χ3n) is 5.08. The number of ether oxygens (including phenoxy) is 2. The zero-order valence-electron chi connectivity index (χ0n) is 19.1. The minimum absolute atomic E-state index is 0.0296. The van der Waals surface area contributed by atoms with Crippen LogP contribution < -0.4 is 9.47 Å². The number of aromatic nitrogens is 3. The van der Waals surface area contributed by atoms with E-state index in [0.29, 0.717) is 36.0 Å². The Bertz CT molecular complexity index is 929. The van der Waals surface area contributed by atoms with Crippen LogP contribution in [0.15, 0.2) is 23.3 Å². The Balaban J connectivity index is 2.22. The summed E-state index contributed by atoms with van der Waals surface area (Å²) in [6, 6.07) is 5.49. The van der Waals surface area contributed by atoms with Gasteiger partial charge in [-0.1, -0.05) is 13.8 Å². The number of aromatic amines is 1. The van der Waals surface area contributed by atoms with E-state index >= 15 is 0 Å². The highest BCUT2D eigenvalue weighted by Crippen LogP contribution is 2.28. The molecule has 0 saturated carbocycles. The van der Waals surface area contributed by atoms with E-state index in [1.807, 2.05) is 32.9 Å². The fourth-order valence-corrected chi connectivity index (χ4v) is 3.44. The van der Waals surface area contributed by atoms with Gasteiger partial charge < -0.3 is 14.4 Å². The van der Waals surface area contributed by atoms with Crippen molar-refractivity contribution in [3.63, 3.8) is 0 Å². The molecule has 2 aromatic rings. The molecule has 0 spiro atoms. The van der Waals surface area contributed by atoms with Crippen molar-refractivity contribution >= 4 is 24.3 Å². The second-order valence-electron chi connectivity index (χ2n) is 6.95. The minimum Gasteiger partial charge on any atom is -0.490 e. The average Bonchev–Trinajstić information content (AvgIpc) is 3.13. The van der Waals surface area contributed by atoms with Crippen molar-refractivity contribution in [2.75, 3.05) is 26.3 Å². The highest BCUT2D eigenvalue weighted by atomic mass is 32.1. The number of carbonyl (C=O) groups is 1. The molecule has 0 aliphatic carbocycles. The topological polar surface area (TPSA) is 84.7 Å². The third kappa shape index (κ3) is 6.40. The van der Waals surface area contributed by atoms with Gasteiger partial charge in [-0.05, 0) is 69.6 Å². The molecule has 31 heavy (non-hydrogen) atoms. The summed E-state index contributed by atoms with van der Waals surface area (Å²) in [6.45, 7) is 11.8. The minimum atomic E-state index is -0.0543. The van der Waals surface area contributed by atoms with Gasteiger partial charge in [-0.2, -0.15) is 14.9 Å². The van der Waals surface area contributed by atoms with Crippen LogP contribution in [-0.2, 0) is 4.79 Å². The average molecular weight is 448 g/mol. The number of H-pyrrole nitrogens is 1. The van der Waals surface area contributed by atoms with E-state index < -0.39 is 0 Å². The summed E-state index contributed by atoms with van der Waals surface area (Å²) in [5.74, 6) is 2.14. The summed E-state index contributed by atoms with van der Waals surface area (Å²) in [5, 5.41) is 11.7. The van der Waals surface area contributed by atoms with Crippen molar-refractivity contribution < 1.29 is 14.3 Å². The Morgan fingerprint density at radius 1 is 1.19 bits per heavy atom. The lowest BCUT2D eigenvalue weighted by Gasteiger charge is -2.19. The largest absolute Gasteiger partial charge is 0.490 e. The molecular weight excluding hydrogens is 414 g/mol. The number of benzene rings is 1. The molecule has 1 aromatic heterocycles. The number of carbonyl (C=O) groups excluding carboxylic acids is 1. The Labute approximate surface area is 189 Å². The first kappa shape index (κ1) is 24.6.